The monoisotopic (exact) mass is 337 g/mol. The van der Waals surface area contributed by atoms with Crippen LogP contribution in [0.25, 0.3) is 10.4 Å². The number of azide groups is 1. The molecule has 0 saturated carbocycles. The Labute approximate surface area is 139 Å². The van der Waals surface area contributed by atoms with Crippen molar-refractivity contribution in [2.45, 2.75) is 64.4 Å². The summed E-state index contributed by atoms with van der Waals surface area (Å²) in [5.74, 6) is 0. The molecule has 1 aromatic rings. The Balaban J connectivity index is 2.36. The molecule has 1 aromatic heterocycles. The van der Waals surface area contributed by atoms with Gasteiger partial charge in [0, 0.05) is 29.6 Å². The largest absolute Gasteiger partial charge is 0.394 e. The molecule has 0 aliphatic carbocycles. The Morgan fingerprint density at radius 2 is 2.21 bits per heavy atom. The lowest BCUT2D eigenvalue weighted by atomic mass is 10.1. The molecule has 1 fully saturated rings. The predicted molar refractivity (Wildman–Crippen MR) is 87.8 cm³/mol. The van der Waals surface area contributed by atoms with Crippen LogP contribution in [-0.4, -0.2) is 33.0 Å². The van der Waals surface area contributed by atoms with Gasteiger partial charge in [0.15, 0.2) is 0 Å². The van der Waals surface area contributed by atoms with E-state index in [1.807, 2.05) is 0 Å². The van der Waals surface area contributed by atoms with Crippen LogP contribution in [0.5, 0.6) is 0 Å². The third-order valence-electron chi connectivity index (χ3n) is 4.25. The number of aliphatic hydroxyl groups is 1. The molecule has 9 nitrogen and oxygen atoms in total. The number of hydrogen-bond acceptors (Lipinski definition) is 5. The fraction of sp³-hybridized carbons (Fsp3) is 0.733. The van der Waals surface area contributed by atoms with Gasteiger partial charge in [0.25, 0.3) is 5.56 Å². The molecule has 0 radical (unpaired) electrons. The van der Waals surface area contributed by atoms with E-state index in [2.05, 4.69) is 16.9 Å². The molecule has 0 spiro atoms. The van der Waals surface area contributed by atoms with E-state index in [9.17, 15) is 14.7 Å². The third kappa shape index (κ3) is 3.69. The summed E-state index contributed by atoms with van der Waals surface area (Å²) in [5.41, 5.74) is 8.31. The molecular formula is C15H23N5O4. The minimum atomic E-state index is -0.665. The first-order valence-corrected chi connectivity index (χ1v) is 8.16. The van der Waals surface area contributed by atoms with Gasteiger partial charge in [-0.25, -0.2) is 4.79 Å². The van der Waals surface area contributed by atoms with Crippen molar-refractivity contribution >= 4 is 0 Å². The van der Waals surface area contributed by atoms with Crippen molar-refractivity contribution < 1.29 is 9.84 Å². The van der Waals surface area contributed by atoms with Gasteiger partial charge in [0.05, 0.1) is 18.8 Å². The normalized spacial score (nSPS) is 23.2. The van der Waals surface area contributed by atoms with Crippen molar-refractivity contribution in [1.29, 1.82) is 0 Å². The van der Waals surface area contributed by atoms with Gasteiger partial charge in [-0.1, -0.05) is 24.9 Å². The van der Waals surface area contributed by atoms with Gasteiger partial charge in [0.2, 0.25) is 0 Å². The zero-order chi connectivity index (χ0) is 17.7. The van der Waals surface area contributed by atoms with E-state index in [4.69, 9.17) is 10.3 Å². The fourth-order valence-corrected chi connectivity index (χ4v) is 2.92. The first-order valence-electron chi connectivity index (χ1n) is 8.16. The topological polar surface area (TPSA) is 122 Å². The molecule has 0 amide bonds. The maximum Gasteiger partial charge on any atom is 0.333 e. The maximum atomic E-state index is 12.7. The van der Waals surface area contributed by atoms with Gasteiger partial charge in [-0.2, -0.15) is 0 Å². The van der Waals surface area contributed by atoms with Crippen molar-refractivity contribution in [3.05, 3.63) is 43.0 Å². The highest BCUT2D eigenvalue weighted by molar-refractivity contribution is 5.04. The van der Waals surface area contributed by atoms with Gasteiger partial charge in [-0.05, 0) is 18.9 Å². The Morgan fingerprint density at radius 3 is 2.83 bits per heavy atom. The molecule has 2 rings (SSSR count). The molecule has 132 valence electrons. The molecule has 1 N–H and O–H groups in total. The van der Waals surface area contributed by atoms with E-state index in [-0.39, 0.29) is 18.6 Å². The lowest BCUT2D eigenvalue weighted by Crippen LogP contribution is -2.42. The molecule has 0 unspecified atom stereocenters. The second-order valence-corrected chi connectivity index (χ2v) is 5.99. The molecule has 0 aromatic carbocycles. The average molecular weight is 337 g/mol. The molecule has 0 bridgehead atoms. The van der Waals surface area contributed by atoms with Crippen LogP contribution in [0.15, 0.2) is 20.9 Å². The van der Waals surface area contributed by atoms with Crippen LogP contribution in [0.2, 0.25) is 0 Å². The second kappa shape index (κ2) is 8.14. The molecule has 1 aliphatic heterocycles. The first-order chi connectivity index (χ1) is 11.5. The molecule has 1 saturated heterocycles. The minimum absolute atomic E-state index is 0.280. The first kappa shape index (κ1) is 18.3. The van der Waals surface area contributed by atoms with Crippen molar-refractivity contribution in [2.24, 2.45) is 5.11 Å². The van der Waals surface area contributed by atoms with E-state index < -0.39 is 24.1 Å². The number of aryl methyl sites for hydroxylation is 1. The van der Waals surface area contributed by atoms with E-state index >= 15 is 0 Å². The SMILES string of the molecule is CCCCCn1c(=O)c(C)cn([C@H]2C[C@H](N=[N+]=[N-])[C@@H](CO)O2)c1=O. The molecule has 2 heterocycles. The highest BCUT2D eigenvalue weighted by Crippen LogP contribution is 2.29. The number of nitrogens with zero attached hydrogens (tertiary/aromatic N) is 5. The van der Waals surface area contributed by atoms with Crippen LogP contribution in [0, 0.1) is 6.92 Å². The Bertz CT molecular complexity index is 734. The molecule has 9 heteroatoms. The Kier molecular flexibility index (Phi) is 6.19. The standard InChI is InChI=1S/C15H23N5O4/c1-3-4-5-6-19-14(22)10(2)8-20(15(19)23)13-7-11(17-18-16)12(9-21)24-13/h8,11-13,21H,3-7,9H2,1-2H3/t11-,12+,13+/m0/s1. The summed E-state index contributed by atoms with van der Waals surface area (Å²) in [5, 5.41) is 13.0. The van der Waals surface area contributed by atoms with Crippen LogP contribution in [0.1, 0.15) is 44.4 Å². The highest BCUT2D eigenvalue weighted by atomic mass is 16.5. The van der Waals surface area contributed by atoms with Gasteiger partial charge in [-0.15, -0.1) is 0 Å². The average Bonchev–Trinajstić information content (AvgIpc) is 2.97. The summed E-state index contributed by atoms with van der Waals surface area (Å²) in [7, 11) is 0. The summed E-state index contributed by atoms with van der Waals surface area (Å²) in [6, 6.07) is -0.544. The number of ether oxygens (including phenoxy) is 1. The smallest absolute Gasteiger partial charge is 0.333 e. The van der Waals surface area contributed by atoms with Crippen LogP contribution < -0.4 is 11.2 Å². The third-order valence-corrected chi connectivity index (χ3v) is 4.25. The summed E-state index contributed by atoms with van der Waals surface area (Å²) in [6.07, 6.45) is 3.11. The summed E-state index contributed by atoms with van der Waals surface area (Å²) >= 11 is 0. The predicted octanol–water partition coefficient (Wildman–Crippen LogP) is 1.47. The number of unbranched alkanes of at least 4 members (excludes halogenated alkanes) is 2. The van der Waals surface area contributed by atoms with Crippen LogP contribution >= 0.6 is 0 Å². The maximum absolute atomic E-state index is 12.7. The molecular weight excluding hydrogens is 314 g/mol. The lowest BCUT2D eigenvalue weighted by molar-refractivity contribution is -0.0277. The van der Waals surface area contributed by atoms with E-state index in [0.29, 0.717) is 12.1 Å². The van der Waals surface area contributed by atoms with Crippen LogP contribution in [0.3, 0.4) is 0 Å². The fourth-order valence-electron chi connectivity index (χ4n) is 2.92. The number of aliphatic hydroxyl groups excluding tert-OH is 1. The number of hydrogen-bond donors (Lipinski definition) is 1. The zero-order valence-electron chi connectivity index (χ0n) is 14.0. The lowest BCUT2D eigenvalue weighted by Gasteiger charge is -2.17. The minimum Gasteiger partial charge on any atom is -0.394 e. The van der Waals surface area contributed by atoms with Gasteiger partial charge >= 0.3 is 5.69 Å². The summed E-state index contributed by atoms with van der Waals surface area (Å²) in [4.78, 5) is 27.7. The molecule has 1 aliphatic rings. The molecule has 3 atom stereocenters. The van der Waals surface area contributed by atoms with Crippen molar-refractivity contribution in [2.75, 3.05) is 6.61 Å². The summed E-state index contributed by atoms with van der Waals surface area (Å²) < 4.78 is 8.24. The highest BCUT2D eigenvalue weighted by Gasteiger charge is 2.36. The second-order valence-electron chi connectivity index (χ2n) is 5.99. The van der Waals surface area contributed by atoms with Gasteiger partial charge in [0.1, 0.15) is 6.23 Å². The quantitative estimate of drug-likeness (QED) is 0.350. The Morgan fingerprint density at radius 1 is 1.46 bits per heavy atom. The van der Waals surface area contributed by atoms with E-state index in [1.54, 1.807) is 6.92 Å². The van der Waals surface area contributed by atoms with Crippen molar-refractivity contribution in [3.8, 4) is 0 Å². The molecule has 24 heavy (non-hydrogen) atoms. The van der Waals surface area contributed by atoms with Crippen molar-refractivity contribution in [1.82, 2.24) is 9.13 Å². The van der Waals surface area contributed by atoms with Crippen molar-refractivity contribution in [3.63, 3.8) is 0 Å². The van der Waals surface area contributed by atoms with Gasteiger partial charge < -0.3 is 9.84 Å². The van der Waals surface area contributed by atoms with Gasteiger partial charge in [-0.3, -0.25) is 13.9 Å². The van der Waals surface area contributed by atoms with E-state index in [0.717, 1.165) is 19.3 Å². The van der Waals surface area contributed by atoms with Crippen LogP contribution in [0.4, 0.5) is 0 Å². The number of aromatic nitrogens is 2. The van der Waals surface area contributed by atoms with E-state index in [1.165, 1.54) is 15.3 Å². The number of rotatable bonds is 7. The summed E-state index contributed by atoms with van der Waals surface area (Å²) in [6.45, 7) is 3.76. The van der Waals surface area contributed by atoms with Crippen LogP contribution in [-0.2, 0) is 11.3 Å². The zero-order valence-corrected chi connectivity index (χ0v) is 14.0. The Hall–Kier alpha value is -2.09.